The summed E-state index contributed by atoms with van der Waals surface area (Å²) in [5.74, 6) is 1.33. The van der Waals surface area contributed by atoms with Crippen molar-refractivity contribution >= 4 is 5.91 Å². The van der Waals surface area contributed by atoms with Crippen LogP contribution in [-0.4, -0.2) is 25.7 Å². The third-order valence-electron chi connectivity index (χ3n) is 4.11. The van der Waals surface area contributed by atoms with E-state index < -0.39 is 11.0 Å². The Labute approximate surface area is 126 Å². The van der Waals surface area contributed by atoms with Gasteiger partial charge in [-0.1, -0.05) is 0 Å². The summed E-state index contributed by atoms with van der Waals surface area (Å²) in [5.41, 5.74) is 5.64. The molecule has 0 saturated carbocycles. The topological polar surface area (TPSA) is 73.6 Å². The van der Waals surface area contributed by atoms with Crippen molar-refractivity contribution in [2.75, 3.05) is 14.2 Å². The summed E-state index contributed by atoms with van der Waals surface area (Å²) in [5, 5.41) is 2.92. The highest BCUT2D eigenvalue weighted by molar-refractivity contribution is 5.83. The third kappa shape index (κ3) is 3.88. The zero-order valence-electron chi connectivity index (χ0n) is 13.7. The van der Waals surface area contributed by atoms with Gasteiger partial charge >= 0.3 is 0 Å². The summed E-state index contributed by atoms with van der Waals surface area (Å²) < 4.78 is 10.5. The Bertz CT molecular complexity index is 505. The first kappa shape index (κ1) is 17.3. The highest BCUT2D eigenvalue weighted by Gasteiger charge is 2.40. The molecule has 1 aromatic rings. The number of hydrogen-bond donors (Lipinski definition) is 2. The number of hydrogen-bond acceptors (Lipinski definition) is 4. The Balaban J connectivity index is 2.86. The molecule has 1 rings (SSSR count). The van der Waals surface area contributed by atoms with Crippen molar-refractivity contribution in [3.8, 4) is 11.5 Å². The first-order valence-electron chi connectivity index (χ1n) is 6.91. The van der Waals surface area contributed by atoms with E-state index in [0.29, 0.717) is 12.3 Å². The van der Waals surface area contributed by atoms with E-state index in [4.69, 9.17) is 15.2 Å². The van der Waals surface area contributed by atoms with Crippen molar-refractivity contribution in [1.82, 2.24) is 5.32 Å². The molecule has 1 aromatic carbocycles. The first-order chi connectivity index (χ1) is 9.63. The summed E-state index contributed by atoms with van der Waals surface area (Å²) in [6, 6.07) is 5.48. The summed E-state index contributed by atoms with van der Waals surface area (Å²) in [7, 11) is 3.20. The maximum atomic E-state index is 12.4. The van der Waals surface area contributed by atoms with Crippen LogP contribution in [0.15, 0.2) is 18.2 Å². The lowest BCUT2D eigenvalue weighted by Gasteiger charge is -2.36. The number of ether oxygens (including phenoxy) is 2. The lowest BCUT2D eigenvalue weighted by molar-refractivity contribution is -0.132. The molecule has 0 unspecified atom stereocenters. The van der Waals surface area contributed by atoms with Crippen LogP contribution >= 0.6 is 0 Å². The number of carbonyl (C=O) groups excluding carboxylic acids is 1. The van der Waals surface area contributed by atoms with Gasteiger partial charge in [-0.25, -0.2) is 0 Å². The van der Waals surface area contributed by atoms with Crippen molar-refractivity contribution in [2.24, 2.45) is 11.1 Å². The lowest BCUT2D eigenvalue weighted by Crippen LogP contribution is -2.55. The number of benzene rings is 1. The van der Waals surface area contributed by atoms with E-state index in [1.807, 2.05) is 45.9 Å². The van der Waals surface area contributed by atoms with E-state index in [2.05, 4.69) is 5.32 Å². The molecule has 5 nitrogen and oxygen atoms in total. The largest absolute Gasteiger partial charge is 0.497 e. The molecule has 0 aliphatic rings. The first-order valence-corrected chi connectivity index (χ1v) is 6.91. The number of amides is 1. The lowest BCUT2D eigenvalue weighted by atomic mass is 9.74. The second kappa shape index (κ2) is 6.35. The Morgan fingerprint density at radius 2 is 1.81 bits per heavy atom. The minimum Gasteiger partial charge on any atom is -0.497 e. The van der Waals surface area contributed by atoms with Gasteiger partial charge in [0.15, 0.2) is 0 Å². The van der Waals surface area contributed by atoms with Crippen LogP contribution in [0.5, 0.6) is 11.5 Å². The smallest absolute Gasteiger partial charge is 0.227 e. The van der Waals surface area contributed by atoms with Gasteiger partial charge in [-0.2, -0.15) is 0 Å². The van der Waals surface area contributed by atoms with Crippen LogP contribution in [0.4, 0.5) is 0 Å². The minimum absolute atomic E-state index is 0.0973. The average Bonchev–Trinajstić information content (AvgIpc) is 2.42. The second-order valence-corrected chi connectivity index (χ2v) is 6.21. The number of methoxy groups -OCH3 is 2. The van der Waals surface area contributed by atoms with Gasteiger partial charge in [0.25, 0.3) is 0 Å². The molecular weight excluding hydrogens is 268 g/mol. The Morgan fingerprint density at radius 1 is 1.19 bits per heavy atom. The van der Waals surface area contributed by atoms with E-state index in [0.717, 1.165) is 11.3 Å². The van der Waals surface area contributed by atoms with Crippen LogP contribution in [0.1, 0.15) is 33.3 Å². The van der Waals surface area contributed by atoms with Crippen molar-refractivity contribution in [1.29, 1.82) is 0 Å². The fraction of sp³-hybridized carbons (Fsp3) is 0.562. The van der Waals surface area contributed by atoms with Crippen molar-refractivity contribution < 1.29 is 14.3 Å². The monoisotopic (exact) mass is 294 g/mol. The van der Waals surface area contributed by atoms with Gasteiger partial charge in [0.1, 0.15) is 11.5 Å². The molecule has 3 N–H and O–H groups in total. The Morgan fingerprint density at radius 3 is 2.29 bits per heavy atom. The predicted molar refractivity (Wildman–Crippen MR) is 83.4 cm³/mol. The van der Waals surface area contributed by atoms with Crippen LogP contribution in [0, 0.1) is 5.41 Å². The summed E-state index contributed by atoms with van der Waals surface area (Å²) >= 11 is 0. The van der Waals surface area contributed by atoms with E-state index in [9.17, 15) is 4.79 Å². The van der Waals surface area contributed by atoms with Crippen molar-refractivity contribution in [2.45, 2.75) is 39.8 Å². The standard InChI is InChI=1S/C16H26N2O3/c1-15(2,16(3,4)17)14(19)18-10-11-9-12(20-5)7-8-13(11)21-6/h7-9H,10,17H2,1-6H3,(H,18,19). The Kier molecular flexibility index (Phi) is 5.23. The fourth-order valence-electron chi connectivity index (χ4n) is 1.71. The molecule has 5 heteroatoms. The maximum Gasteiger partial charge on any atom is 0.227 e. The molecule has 0 radical (unpaired) electrons. The highest BCUT2D eigenvalue weighted by Crippen LogP contribution is 2.29. The second-order valence-electron chi connectivity index (χ2n) is 6.21. The van der Waals surface area contributed by atoms with Crippen LogP contribution in [0.25, 0.3) is 0 Å². The molecule has 0 atom stereocenters. The van der Waals surface area contributed by atoms with E-state index >= 15 is 0 Å². The van der Waals surface area contributed by atoms with E-state index in [1.54, 1.807) is 14.2 Å². The molecule has 1 amide bonds. The van der Waals surface area contributed by atoms with Crippen molar-refractivity contribution in [3.63, 3.8) is 0 Å². The third-order valence-corrected chi connectivity index (χ3v) is 4.11. The van der Waals surface area contributed by atoms with Crippen LogP contribution in [-0.2, 0) is 11.3 Å². The molecule has 0 spiro atoms. The number of nitrogens with two attached hydrogens (primary N) is 1. The van der Waals surface area contributed by atoms with Crippen LogP contribution in [0.2, 0.25) is 0 Å². The van der Waals surface area contributed by atoms with Gasteiger partial charge in [0, 0.05) is 17.6 Å². The molecule has 0 bridgehead atoms. The van der Waals surface area contributed by atoms with Gasteiger partial charge in [-0.05, 0) is 45.9 Å². The highest BCUT2D eigenvalue weighted by atomic mass is 16.5. The number of rotatable bonds is 6. The quantitative estimate of drug-likeness (QED) is 0.842. The molecule has 0 fully saturated rings. The average molecular weight is 294 g/mol. The summed E-state index contributed by atoms with van der Waals surface area (Å²) in [6.45, 7) is 7.73. The SMILES string of the molecule is COc1ccc(OC)c(CNC(=O)C(C)(C)C(C)(C)N)c1. The van der Waals surface area contributed by atoms with Gasteiger partial charge in [0.05, 0.1) is 19.6 Å². The van der Waals surface area contributed by atoms with E-state index in [-0.39, 0.29) is 5.91 Å². The molecule has 0 aliphatic carbocycles. The fourth-order valence-corrected chi connectivity index (χ4v) is 1.71. The van der Waals surface area contributed by atoms with Crippen LogP contribution < -0.4 is 20.5 Å². The van der Waals surface area contributed by atoms with Crippen LogP contribution in [0.3, 0.4) is 0 Å². The van der Waals surface area contributed by atoms with Gasteiger partial charge in [-0.15, -0.1) is 0 Å². The number of nitrogens with one attached hydrogen (secondary N) is 1. The molecule has 118 valence electrons. The predicted octanol–water partition coefficient (Wildman–Crippen LogP) is 2.08. The molecule has 0 aromatic heterocycles. The molecule has 0 heterocycles. The maximum absolute atomic E-state index is 12.4. The van der Waals surface area contributed by atoms with E-state index in [1.165, 1.54) is 0 Å². The molecular formula is C16H26N2O3. The van der Waals surface area contributed by atoms with Crippen molar-refractivity contribution in [3.05, 3.63) is 23.8 Å². The molecule has 21 heavy (non-hydrogen) atoms. The zero-order chi connectivity index (χ0) is 16.3. The van der Waals surface area contributed by atoms with Gasteiger partial charge in [-0.3, -0.25) is 4.79 Å². The van der Waals surface area contributed by atoms with Gasteiger partial charge < -0.3 is 20.5 Å². The van der Waals surface area contributed by atoms with Gasteiger partial charge in [0.2, 0.25) is 5.91 Å². The molecule has 0 aliphatic heterocycles. The summed E-state index contributed by atoms with van der Waals surface area (Å²) in [6.07, 6.45) is 0. The normalized spacial score (nSPS) is 12.0. The number of carbonyl (C=O) groups is 1. The minimum atomic E-state index is -0.681. The Hall–Kier alpha value is -1.75. The molecule has 0 saturated heterocycles. The zero-order valence-corrected chi connectivity index (χ0v) is 13.7. The summed E-state index contributed by atoms with van der Waals surface area (Å²) in [4.78, 5) is 12.4.